The van der Waals surface area contributed by atoms with Gasteiger partial charge in [0.05, 0.1) is 13.2 Å². The van der Waals surface area contributed by atoms with E-state index in [1.54, 1.807) is 6.20 Å². The van der Waals surface area contributed by atoms with Gasteiger partial charge in [-0.1, -0.05) is 18.2 Å². The van der Waals surface area contributed by atoms with Gasteiger partial charge < -0.3 is 19.7 Å². The van der Waals surface area contributed by atoms with E-state index in [2.05, 4.69) is 33.4 Å². The fourth-order valence-electron chi connectivity index (χ4n) is 4.08. The zero-order valence-electron chi connectivity index (χ0n) is 17.9. The van der Waals surface area contributed by atoms with Crippen LogP contribution >= 0.6 is 0 Å². The number of benzene rings is 1. The molecular weight excluding hydrogens is 392 g/mol. The minimum Gasteiger partial charge on any atom is -0.493 e. The summed E-state index contributed by atoms with van der Waals surface area (Å²) in [5, 5.41) is 3.01. The molecule has 3 heterocycles. The summed E-state index contributed by atoms with van der Waals surface area (Å²) in [5.41, 5.74) is 3.61. The Morgan fingerprint density at radius 1 is 1.13 bits per heavy atom. The van der Waals surface area contributed by atoms with Crippen molar-refractivity contribution in [2.24, 2.45) is 5.92 Å². The summed E-state index contributed by atoms with van der Waals surface area (Å²) in [6.45, 7) is 6.20. The van der Waals surface area contributed by atoms with Crippen LogP contribution in [0.25, 0.3) is 0 Å². The van der Waals surface area contributed by atoms with Crippen LogP contribution in [-0.4, -0.2) is 60.2 Å². The summed E-state index contributed by atoms with van der Waals surface area (Å²) in [5.74, 6) is 2.40. The molecule has 1 saturated heterocycles. The van der Waals surface area contributed by atoms with Crippen molar-refractivity contribution in [1.82, 2.24) is 20.1 Å². The lowest BCUT2D eigenvalue weighted by molar-refractivity contribution is 0.135. The standard InChI is InChI=1S/C24H30N4O3/c29-24(26-15-20-4-6-23(25-14-20)31-17-18-1-2-18)28-10-8-27(9-11-28)16-19-3-5-22-21(13-19)7-12-30-22/h3-6,13-14,18H,1-2,7-12,15-17H2,(H,26,29). The molecule has 0 spiro atoms. The Balaban J connectivity index is 1.04. The molecular formula is C24H30N4O3. The highest BCUT2D eigenvalue weighted by Crippen LogP contribution is 2.29. The SMILES string of the molecule is O=C(NCc1ccc(OCC2CC2)nc1)N1CCN(Cc2ccc3c(c2)CCO3)CC1. The smallest absolute Gasteiger partial charge is 0.317 e. The van der Waals surface area contributed by atoms with Crippen molar-refractivity contribution >= 4 is 6.03 Å². The predicted octanol–water partition coefficient (Wildman–Crippen LogP) is 2.83. The Kier molecular flexibility index (Phi) is 5.93. The fraction of sp³-hybridized carbons (Fsp3) is 0.500. The molecule has 2 aliphatic heterocycles. The van der Waals surface area contributed by atoms with E-state index >= 15 is 0 Å². The van der Waals surface area contributed by atoms with Crippen LogP contribution in [0.4, 0.5) is 4.79 Å². The number of ether oxygens (including phenoxy) is 2. The van der Waals surface area contributed by atoms with Crippen LogP contribution in [0.5, 0.6) is 11.6 Å². The third-order valence-electron chi connectivity index (χ3n) is 6.22. The minimum absolute atomic E-state index is 0.0108. The summed E-state index contributed by atoms with van der Waals surface area (Å²) in [7, 11) is 0. The molecule has 1 saturated carbocycles. The average molecular weight is 423 g/mol. The van der Waals surface area contributed by atoms with Gasteiger partial charge in [0, 0.05) is 58.0 Å². The number of hydrogen-bond acceptors (Lipinski definition) is 5. The Morgan fingerprint density at radius 2 is 1.97 bits per heavy atom. The van der Waals surface area contributed by atoms with E-state index in [4.69, 9.17) is 9.47 Å². The Labute approximate surface area is 183 Å². The van der Waals surface area contributed by atoms with Gasteiger partial charge in [-0.25, -0.2) is 9.78 Å². The zero-order valence-corrected chi connectivity index (χ0v) is 17.9. The summed E-state index contributed by atoms with van der Waals surface area (Å²) < 4.78 is 11.3. The number of rotatable bonds is 7. The quantitative estimate of drug-likeness (QED) is 0.743. The lowest BCUT2D eigenvalue weighted by Gasteiger charge is -2.34. The van der Waals surface area contributed by atoms with E-state index in [0.717, 1.165) is 63.7 Å². The summed E-state index contributed by atoms with van der Waals surface area (Å²) >= 11 is 0. The van der Waals surface area contributed by atoms with Crippen molar-refractivity contribution in [2.45, 2.75) is 32.4 Å². The van der Waals surface area contributed by atoms with E-state index in [0.29, 0.717) is 18.3 Å². The maximum atomic E-state index is 12.6. The van der Waals surface area contributed by atoms with Gasteiger partial charge in [0.2, 0.25) is 5.88 Å². The number of carbonyl (C=O) groups is 1. The molecule has 7 nitrogen and oxygen atoms in total. The van der Waals surface area contributed by atoms with Crippen LogP contribution in [-0.2, 0) is 19.5 Å². The highest BCUT2D eigenvalue weighted by molar-refractivity contribution is 5.74. The molecule has 2 aromatic rings. The minimum atomic E-state index is -0.0108. The van der Waals surface area contributed by atoms with Crippen molar-refractivity contribution in [1.29, 1.82) is 0 Å². The number of urea groups is 1. The van der Waals surface area contributed by atoms with Crippen molar-refractivity contribution in [3.05, 3.63) is 53.2 Å². The molecule has 1 aliphatic carbocycles. The van der Waals surface area contributed by atoms with Crippen LogP contribution in [0.1, 0.15) is 29.5 Å². The molecule has 0 bridgehead atoms. The second-order valence-electron chi connectivity index (χ2n) is 8.72. The lowest BCUT2D eigenvalue weighted by Crippen LogP contribution is -2.51. The molecule has 1 aromatic carbocycles. The predicted molar refractivity (Wildman–Crippen MR) is 117 cm³/mol. The molecule has 0 atom stereocenters. The van der Waals surface area contributed by atoms with Crippen LogP contribution in [0, 0.1) is 5.92 Å². The number of pyridine rings is 1. The fourth-order valence-corrected chi connectivity index (χ4v) is 4.08. The van der Waals surface area contributed by atoms with Crippen LogP contribution in [0.3, 0.4) is 0 Å². The van der Waals surface area contributed by atoms with Gasteiger partial charge in [-0.2, -0.15) is 0 Å². The number of hydrogen-bond donors (Lipinski definition) is 1. The number of fused-ring (bicyclic) bond motifs is 1. The first-order chi connectivity index (χ1) is 15.2. The largest absolute Gasteiger partial charge is 0.493 e. The number of amides is 2. The number of nitrogens with zero attached hydrogens (tertiary/aromatic N) is 3. The molecule has 1 aromatic heterocycles. The van der Waals surface area contributed by atoms with Gasteiger partial charge in [-0.15, -0.1) is 0 Å². The van der Waals surface area contributed by atoms with Gasteiger partial charge in [0.25, 0.3) is 0 Å². The van der Waals surface area contributed by atoms with Crippen LogP contribution in [0.15, 0.2) is 36.5 Å². The molecule has 3 aliphatic rings. The first kappa shape index (κ1) is 20.1. The van der Waals surface area contributed by atoms with Crippen molar-refractivity contribution in [3.63, 3.8) is 0 Å². The highest BCUT2D eigenvalue weighted by atomic mass is 16.5. The Morgan fingerprint density at radius 3 is 2.74 bits per heavy atom. The summed E-state index contributed by atoms with van der Waals surface area (Å²) in [6.07, 6.45) is 5.31. The lowest BCUT2D eigenvalue weighted by atomic mass is 10.1. The van der Waals surface area contributed by atoms with Crippen molar-refractivity contribution in [2.75, 3.05) is 39.4 Å². The first-order valence-electron chi connectivity index (χ1n) is 11.3. The Bertz CT molecular complexity index is 906. The third kappa shape index (κ3) is 5.28. The van der Waals surface area contributed by atoms with E-state index < -0.39 is 0 Å². The number of carbonyl (C=O) groups excluding carboxylic acids is 1. The van der Waals surface area contributed by atoms with Crippen LogP contribution < -0.4 is 14.8 Å². The summed E-state index contributed by atoms with van der Waals surface area (Å²) in [4.78, 5) is 21.2. The van der Waals surface area contributed by atoms with Gasteiger partial charge in [0.15, 0.2) is 0 Å². The number of piperazine rings is 1. The van der Waals surface area contributed by atoms with Gasteiger partial charge in [0.1, 0.15) is 5.75 Å². The second-order valence-corrected chi connectivity index (χ2v) is 8.72. The van der Waals surface area contributed by atoms with Gasteiger partial charge >= 0.3 is 6.03 Å². The van der Waals surface area contributed by atoms with E-state index in [1.807, 2.05) is 17.0 Å². The van der Waals surface area contributed by atoms with Crippen LogP contribution in [0.2, 0.25) is 0 Å². The number of nitrogens with one attached hydrogen (secondary N) is 1. The Hall–Kier alpha value is -2.80. The normalized spacial score (nSPS) is 18.4. The monoisotopic (exact) mass is 422 g/mol. The van der Waals surface area contributed by atoms with Gasteiger partial charge in [-0.3, -0.25) is 4.90 Å². The summed E-state index contributed by atoms with van der Waals surface area (Å²) in [6, 6.07) is 10.3. The van der Waals surface area contributed by atoms with Crippen molar-refractivity contribution < 1.29 is 14.3 Å². The topological polar surface area (TPSA) is 66.9 Å². The first-order valence-corrected chi connectivity index (χ1v) is 11.3. The molecule has 2 amide bonds. The molecule has 5 rings (SSSR count). The van der Waals surface area contributed by atoms with Crippen molar-refractivity contribution in [3.8, 4) is 11.6 Å². The molecule has 164 valence electrons. The number of aromatic nitrogens is 1. The van der Waals surface area contributed by atoms with E-state index in [1.165, 1.54) is 24.0 Å². The molecule has 31 heavy (non-hydrogen) atoms. The molecule has 0 radical (unpaired) electrons. The molecule has 7 heteroatoms. The maximum Gasteiger partial charge on any atom is 0.317 e. The van der Waals surface area contributed by atoms with Gasteiger partial charge in [-0.05, 0) is 41.5 Å². The highest BCUT2D eigenvalue weighted by Gasteiger charge is 2.23. The molecule has 2 fully saturated rings. The second kappa shape index (κ2) is 9.14. The molecule has 1 N–H and O–H groups in total. The third-order valence-corrected chi connectivity index (χ3v) is 6.22. The maximum absolute atomic E-state index is 12.6. The average Bonchev–Trinajstić information content (AvgIpc) is 3.52. The molecule has 0 unspecified atom stereocenters. The van der Waals surface area contributed by atoms with E-state index in [-0.39, 0.29) is 6.03 Å². The zero-order chi connectivity index (χ0) is 21.0. The van der Waals surface area contributed by atoms with E-state index in [9.17, 15) is 4.79 Å².